The maximum atomic E-state index is 12.7. The number of hydrogen-bond acceptors (Lipinski definition) is 5. The molecule has 0 saturated heterocycles. The van der Waals surface area contributed by atoms with Gasteiger partial charge in [0.15, 0.2) is 0 Å². The molecule has 0 atom stereocenters. The lowest BCUT2D eigenvalue weighted by molar-refractivity contribution is 0.103. The molecule has 0 saturated carbocycles. The number of fused-ring (bicyclic) bond motifs is 1. The van der Waals surface area contributed by atoms with Crippen molar-refractivity contribution in [2.75, 3.05) is 11.9 Å². The number of amides is 1. The van der Waals surface area contributed by atoms with E-state index in [0.717, 1.165) is 11.1 Å². The van der Waals surface area contributed by atoms with Crippen molar-refractivity contribution in [3.63, 3.8) is 0 Å². The molecule has 1 aliphatic heterocycles. The number of thiophene rings is 2. The smallest absolute Gasteiger partial charge is 0.265 e. The predicted octanol–water partition coefficient (Wildman–Crippen LogP) is 3.81. The van der Waals surface area contributed by atoms with E-state index in [-0.39, 0.29) is 5.91 Å². The number of benzene rings is 1. The summed E-state index contributed by atoms with van der Waals surface area (Å²) in [7, 11) is -3.47. The monoisotopic (exact) mass is 404 g/mol. The molecule has 1 aromatic carbocycles. The third-order valence-electron chi connectivity index (χ3n) is 4.28. The molecular weight excluding hydrogens is 388 g/mol. The van der Waals surface area contributed by atoms with Crippen LogP contribution in [0.3, 0.4) is 0 Å². The quantitative estimate of drug-likeness (QED) is 0.719. The van der Waals surface area contributed by atoms with Crippen molar-refractivity contribution in [1.29, 1.82) is 0 Å². The van der Waals surface area contributed by atoms with E-state index < -0.39 is 10.0 Å². The van der Waals surface area contributed by atoms with E-state index in [9.17, 15) is 13.2 Å². The van der Waals surface area contributed by atoms with Crippen LogP contribution in [0, 0.1) is 0 Å². The predicted molar refractivity (Wildman–Crippen MR) is 104 cm³/mol. The Morgan fingerprint density at radius 3 is 2.58 bits per heavy atom. The number of nitrogens with one attached hydrogen (secondary N) is 1. The zero-order valence-corrected chi connectivity index (χ0v) is 16.2. The summed E-state index contributed by atoms with van der Waals surface area (Å²) in [6.07, 6.45) is 0.666. The number of hydrogen-bond donors (Lipinski definition) is 1. The molecule has 5 nitrogen and oxygen atoms in total. The highest BCUT2D eigenvalue weighted by molar-refractivity contribution is 7.91. The van der Waals surface area contributed by atoms with Crippen molar-refractivity contribution in [1.82, 2.24) is 4.31 Å². The van der Waals surface area contributed by atoms with Crippen LogP contribution in [0.2, 0.25) is 0 Å². The molecule has 0 spiro atoms. The Morgan fingerprint density at radius 1 is 1.04 bits per heavy atom. The molecule has 2 aromatic heterocycles. The van der Waals surface area contributed by atoms with Gasteiger partial charge in [-0.15, -0.1) is 22.7 Å². The Balaban J connectivity index is 1.56. The highest BCUT2D eigenvalue weighted by Gasteiger charge is 2.29. The van der Waals surface area contributed by atoms with Crippen molar-refractivity contribution in [2.45, 2.75) is 17.2 Å². The molecule has 0 radical (unpaired) electrons. The van der Waals surface area contributed by atoms with Crippen molar-refractivity contribution >= 4 is 44.3 Å². The van der Waals surface area contributed by atoms with Gasteiger partial charge in [-0.25, -0.2) is 8.42 Å². The number of nitrogens with zero attached hydrogens (tertiary/aromatic N) is 1. The molecule has 0 bridgehead atoms. The van der Waals surface area contributed by atoms with Crippen LogP contribution >= 0.6 is 22.7 Å². The molecule has 3 aromatic rings. The lowest BCUT2D eigenvalue weighted by Gasteiger charge is -2.28. The highest BCUT2D eigenvalue weighted by Crippen LogP contribution is 2.29. The first-order valence-corrected chi connectivity index (χ1v) is 11.2. The van der Waals surface area contributed by atoms with Crippen LogP contribution in [0.1, 0.15) is 20.8 Å². The molecule has 0 aliphatic carbocycles. The van der Waals surface area contributed by atoms with Crippen molar-refractivity contribution < 1.29 is 13.2 Å². The third-order valence-corrected chi connectivity index (χ3v) is 8.36. The minimum Gasteiger partial charge on any atom is -0.321 e. The van der Waals surface area contributed by atoms with Crippen LogP contribution in [-0.4, -0.2) is 25.2 Å². The number of carbonyl (C=O) groups excluding carboxylic acids is 1. The first-order valence-electron chi connectivity index (χ1n) is 8.04. The second-order valence-corrected chi connectivity index (χ2v) is 10.00. The molecule has 4 rings (SSSR count). The molecule has 134 valence electrons. The van der Waals surface area contributed by atoms with Gasteiger partial charge < -0.3 is 5.32 Å². The van der Waals surface area contributed by atoms with Crippen LogP contribution in [0.15, 0.2) is 57.4 Å². The molecule has 1 aliphatic rings. The zero-order valence-electron chi connectivity index (χ0n) is 13.7. The summed E-state index contributed by atoms with van der Waals surface area (Å²) in [5.74, 6) is -0.154. The lowest BCUT2D eigenvalue weighted by atomic mass is 10.0. The first-order chi connectivity index (χ1) is 12.5. The van der Waals surface area contributed by atoms with Gasteiger partial charge in [0.25, 0.3) is 15.9 Å². The van der Waals surface area contributed by atoms with Crippen LogP contribution in [0.5, 0.6) is 0 Å². The fourth-order valence-electron chi connectivity index (χ4n) is 2.95. The summed E-state index contributed by atoms with van der Waals surface area (Å²) in [5.41, 5.74) is 2.73. The average molecular weight is 405 g/mol. The van der Waals surface area contributed by atoms with E-state index >= 15 is 0 Å². The van der Waals surface area contributed by atoms with Gasteiger partial charge in [-0.1, -0.05) is 18.2 Å². The van der Waals surface area contributed by atoms with E-state index in [4.69, 9.17) is 0 Å². The molecule has 3 heterocycles. The van der Waals surface area contributed by atoms with Crippen molar-refractivity contribution in [3.8, 4) is 0 Å². The lowest BCUT2D eigenvalue weighted by Crippen LogP contribution is -2.35. The van der Waals surface area contributed by atoms with E-state index in [1.165, 1.54) is 27.0 Å². The summed E-state index contributed by atoms with van der Waals surface area (Å²) in [6.45, 7) is 0.784. The summed E-state index contributed by atoms with van der Waals surface area (Å²) < 4.78 is 27.4. The normalized spacial score (nSPS) is 14.8. The molecule has 8 heteroatoms. The van der Waals surface area contributed by atoms with Gasteiger partial charge in [0.1, 0.15) is 4.21 Å². The van der Waals surface area contributed by atoms with Gasteiger partial charge in [-0.05, 0) is 52.6 Å². The zero-order chi connectivity index (χ0) is 18.1. The van der Waals surface area contributed by atoms with Gasteiger partial charge in [0, 0.05) is 18.8 Å². The number of rotatable bonds is 4. The maximum absolute atomic E-state index is 12.7. The number of anilines is 1. The fourth-order valence-corrected chi connectivity index (χ4v) is 6.13. The van der Waals surface area contributed by atoms with Crippen LogP contribution in [0.25, 0.3) is 0 Å². The first kappa shape index (κ1) is 17.4. The van der Waals surface area contributed by atoms with E-state index in [1.807, 2.05) is 29.6 Å². The van der Waals surface area contributed by atoms with Crippen molar-refractivity contribution in [2.24, 2.45) is 0 Å². The second kappa shape index (κ2) is 6.96. The van der Waals surface area contributed by atoms with E-state index in [1.54, 1.807) is 23.6 Å². The number of sulfonamides is 1. The molecule has 1 amide bonds. The largest absolute Gasteiger partial charge is 0.321 e. The highest BCUT2D eigenvalue weighted by atomic mass is 32.2. The molecule has 26 heavy (non-hydrogen) atoms. The second-order valence-electron chi connectivity index (χ2n) is 5.94. The van der Waals surface area contributed by atoms with Gasteiger partial charge in [0.05, 0.1) is 4.88 Å². The average Bonchev–Trinajstić information content (AvgIpc) is 3.34. The SMILES string of the molecule is O=C(Nc1ccc2c(c1)CN(S(=O)(=O)c1cccs1)CC2)c1cccs1. The summed E-state index contributed by atoms with van der Waals surface area (Å²) >= 11 is 2.61. The van der Waals surface area contributed by atoms with Gasteiger partial charge >= 0.3 is 0 Å². The van der Waals surface area contributed by atoms with Gasteiger partial charge in [-0.2, -0.15) is 4.31 Å². The van der Waals surface area contributed by atoms with E-state index in [2.05, 4.69) is 5.32 Å². The Kier molecular flexibility index (Phi) is 4.66. The summed E-state index contributed by atoms with van der Waals surface area (Å²) in [6, 6.07) is 12.7. The minimum absolute atomic E-state index is 0.154. The van der Waals surface area contributed by atoms with E-state index in [0.29, 0.717) is 34.3 Å². The third kappa shape index (κ3) is 3.33. The van der Waals surface area contributed by atoms with Crippen LogP contribution in [-0.2, 0) is 23.0 Å². The Hall–Kier alpha value is -2.00. The minimum atomic E-state index is -3.47. The molecular formula is C18H16N2O3S3. The Labute approximate surface area is 160 Å². The van der Waals surface area contributed by atoms with Crippen molar-refractivity contribution in [3.05, 3.63) is 69.2 Å². The van der Waals surface area contributed by atoms with Crippen LogP contribution in [0.4, 0.5) is 5.69 Å². The van der Waals surface area contributed by atoms with Gasteiger partial charge in [-0.3, -0.25) is 4.79 Å². The standard InChI is InChI=1S/C18H16N2O3S3/c21-18(16-3-1-9-24-16)19-15-6-5-13-7-8-20(12-14(13)11-15)26(22,23)17-4-2-10-25-17/h1-6,9-11H,7-8,12H2,(H,19,21). The molecule has 1 N–H and O–H groups in total. The Morgan fingerprint density at radius 2 is 1.85 bits per heavy atom. The number of carbonyl (C=O) groups is 1. The fraction of sp³-hybridized carbons (Fsp3) is 0.167. The summed E-state index contributed by atoms with van der Waals surface area (Å²) in [4.78, 5) is 12.9. The Bertz CT molecular complexity index is 1030. The van der Waals surface area contributed by atoms with Crippen LogP contribution < -0.4 is 5.32 Å². The topological polar surface area (TPSA) is 66.5 Å². The summed E-state index contributed by atoms with van der Waals surface area (Å²) in [5, 5.41) is 6.50. The molecule has 0 fully saturated rings. The maximum Gasteiger partial charge on any atom is 0.265 e. The van der Waals surface area contributed by atoms with Gasteiger partial charge in [0.2, 0.25) is 0 Å². The molecule has 0 unspecified atom stereocenters.